The quantitative estimate of drug-likeness (QED) is 0.336. The molecule has 15 heteroatoms. The Labute approximate surface area is 203 Å². The van der Waals surface area contributed by atoms with Crippen molar-refractivity contribution in [1.29, 1.82) is 0 Å². The summed E-state index contributed by atoms with van der Waals surface area (Å²) in [6.45, 7) is 1.45. The molecular formula is C21H26F3N7O5. The van der Waals surface area contributed by atoms with E-state index in [0.29, 0.717) is 31.0 Å². The number of aromatic nitrogens is 2. The summed E-state index contributed by atoms with van der Waals surface area (Å²) in [5.74, 6) is -0.379. The molecule has 4 rings (SSSR count). The van der Waals surface area contributed by atoms with E-state index in [-0.39, 0.29) is 24.3 Å². The van der Waals surface area contributed by atoms with Crippen LogP contribution in [0.5, 0.6) is 5.75 Å². The van der Waals surface area contributed by atoms with Crippen molar-refractivity contribution < 1.29 is 37.7 Å². The van der Waals surface area contributed by atoms with E-state index >= 15 is 0 Å². The lowest BCUT2D eigenvalue weighted by molar-refractivity contribution is -0.158. The van der Waals surface area contributed by atoms with Crippen LogP contribution in [0.15, 0.2) is 36.1 Å². The van der Waals surface area contributed by atoms with Crippen molar-refractivity contribution in [2.45, 2.75) is 43.8 Å². The van der Waals surface area contributed by atoms with Crippen molar-refractivity contribution in [3.05, 3.63) is 36.1 Å². The van der Waals surface area contributed by atoms with Gasteiger partial charge < -0.3 is 30.5 Å². The maximum Gasteiger partial charge on any atom is 0.408 e. The van der Waals surface area contributed by atoms with Gasteiger partial charge in [-0.2, -0.15) is 13.2 Å². The van der Waals surface area contributed by atoms with Gasteiger partial charge in [0, 0.05) is 13.1 Å². The Morgan fingerprint density at radius 3 is 2.72 bits per heavy atom. The zero-order valence-electron chi connectivity index (χ0n) is 19.2. The van der Waals surface area contributed by atoms with E-state index in [9.17, 15) is 27.9 Å². The van der Waals surface area contributed by atoms with Gasteiger partial charge in [-0.1, -0.05) is 6.08 Å². The van der Waals surface area contributed by atoms with E-state index in [1.807, 2.05) is 10.2 Å². The summed E-state index contributed by atoms with van der Waals surface area (Å²) in [4.78, 5) is 37.2. The molecule has 0 aliphatic carbocycles. The number of allylic oxidation sites excluding steroid dienone is 1. The molecule has 4 heterocycles. The second kappa shape index (κ2) is 10.2. The van der Waals surface area contributed by atoms with Crippen LogP contribution in [0.3, 0.4) is 0 Å². The van der Waals surface area contributed by atoms with Crippen LogP contribution in [-0.4, -0.2) is 98.6 Å². The lowest BCUT2D eigenvalue weighted by Gasteiger charge is -2.40. The summed E-state index contributed by atoms with van der Waals surface area (Å²) in [5.41, 5.74) is 0.652. The normalized spacial score (nSPS) is 22.5. The van der Waals surface area contributed by atoms with Gasteiger partial charge in [-0.05, 0) is 19.4 Å². The number of nitrogens with one attached hydrogen (secondary N) is 3. The number of carbonyl (C=O) groups excluding carboxylic acids is 2. The van der Waals surface area contributed by atoms with E-state index in [0.717, 1.165) is 6.92 Å². The molecule has 3 aliphatic rings. The number of hydrogen-bond donors (Lipinski definition) is 5. The van der Waals surface area contributed by atoms with E-state index in [1.54, 1.807) is 6.08 Å². The topological polar surface area (TPSA) is 152 Å². The number of amides is 3. The number of hydrogen-bond acceptors (Lipinski definition) is 9. The lowest BCUT2D eigenvalue weighted by atomic mass is 10.1. The van der Waals surface area contributed by atoms with Crippen LogP contribution in [0.1, 0.15) is 13.3 Å². The van der Waals surface area contributed by atoms with Gasteiger partial charge in [0.1, 0.15) is 30.6 Å². The standard InChI is InChI=1S/C21H26F3N7O5/c1-11(21(22,23)24)27-18(34)15-2-3-16-17(28-15)31(12-4-5-30(16)8-12)20(35)29-19-25-6-14(7-26-19)36-10-13(33)9-32/h2-3,6-7,11-13,15,28,32-33H,4-5,8-10H2,1H3,(H,27,34)(H,25,26,29,35)/t11-,12+,13-,15?/m1/s1. The number of fused-ring (bicyclic) bond motifs is 3. The lowest BCUT2D eigenvalue weighted by Crippen LogP contribution is -2.57. The molecule has 0 saturated carbocycles. The Morgan fingerprint density at radius 1 is 1.33 bits per heavy atom. The maximum absolute atomic E-state index is 13.2. The van der Waals surface area contributed by atoms with Gasteiger partial charge >= 0.3 is 12.2 Å². The first-order valence-corrected chi connectivity index (χ1v) is 11.2. The second-order valence-corrected chi connectivity index (χ2v) is 8.57. The number of alkyl halides is 3. The molecule has 4 atom stereocenters. The Morgan fingerprint density at radius 2 is 2.06 bits per heavy atom. The highest BCUT2D eigenvalue weighted by molar-refractivity contribution is 5.90. The smallest absolute Gasteiger partial charge is 0.408 e. The number of ether oxygens (including phenoxy) is 1. The highest BCUT2D eigenvalue weighted by atomic mass is 19.4. The van der Waals surface area contributed by atoms with E-state index in [1.165, 1.54) is 23.4 Å². The summed E-state index contributed by atoms with van der Waals surface area (Å²) < 4.78 is 43.9. The van der Waals surface area contributed by atoms with Crippen molar-refractivity contribution in [3.63, 3.8) is 0 Å². The average molecular weight is 513 g/mol. The second-order valence-electron chi connectivity index (χ2n) is 8.57. The molecular weight excluding hydrogens is 487 g/mol. The third-order valence-electron chi connectivity index (χ3n) is 5.94. The number of rotatable bonds is 7. The summed E-state index contributed by atoms with van der Waals surface area (Å²) in [6, 6.07) is -3.95. The van der Waals surface area contributed by atoms with Crippen molar-refractivity contribution in [1.82, 2.24) is 30.4 Å². The Hall–Kier alpha value is -3.59. The monoisotopic (exact) mass is 513 g/mol. The number of urea groups is 1. The molecule has 1 saturated heterocycles. The van der Waals surface area contributed by atoms with E-state index in [4.69, 9.17) is 9.84 Å². The van der Waals surface area contributed by atoms with Crippen molar-refractivity contribution in [2.75, 3.05) is 31.6 Å². The number of anilines is 1. The number of nitrogens with zero attached hydrogens (tertiary/aromatic N) is 4. The van der Waals surface area contributed by atoms with Gasteiger partial charge in [0.25, 0.3) is 0 Å². The fourth-order valence-corrected chi connectivity index (χ4v) is 4.00. The summed E-state index contributed by atoms with van der Waals surface area (Å²) in [6.07, 6.45) is 0.666. The zero-order chi connectivity index (χ0) is 26.0. The minimum atomic E-state index is -4.58. The molecule has 196 valence electrons. The van der Waals surface area contributed by atoms with E-state index in [2.05, 4.69) is 20.6 Å². The van der Waals surface area contributed by atoms with Gasteiger partial charge in [0.15, 0.2) is 5.75 Å². The molecule has 1 aromatic rings. The largest absolute Gasteiger partial charge is 0.488 e. The fourth-order valence-electron chi connectivity index (χ4n) is 4.00. The first-order chi connectivity index (χ1) is 17.1. The Bertz CT molecular complexity index is 1050. The fraction of sp³-hybridized carbons (Fsp3) is 0.524. The van der Waals surface area contributed by atoms with Crippen LogP contribution >= 0.6 is 0 Å². The van der Waals surface area contributed by atoms with Gasteiger partial charge in [-0.3, -0.25) is 15.0 Å². The molecule has 0 aromatic carbocycles. The molecule has 3 amide bonds. The highest BCUT2D eigenvalue weighted by Crippen LogP contribution is 2.33. The predicted octanol–water partition coefficient (Wildman–Crippen LogP) is -0.105. The van der Waals surface area contributed by atoms with Gasteiger partial charge in [-0.25, -0.2) is 14.8 Å². The molecule has 3 aliphatic heterocycles. The molecule has 12 nitrogen and oxygen atoms in total. The zero-order valence-corrected chi connectivity index (χ0v) is 19.2. The molecule has 1 aromatic heterocycles. The summed E-state index contributed by atoms with van der Waals surface area (Å²) >= 11 is 0. The minimum Gasteiger partial charge on any atom is -0.488 e. The SMILES string of the molecule is C[C@@H](NC(=O)C1C=CC2=C(N1)N(C(=O)Nc1ncc(OC[C@H](O)CO)cn1)[C@H]1CCN2C1)C(F)(F)F. The molecule has 1 unspecified atom stereocenters. The van der Waals surface area contributed by atoms with Crippen LogP contribution < -0.4 is 20.7 Å². The number of aliphatic hydroxyl groups is 2. The van der Waals surface area contributed by atoms with Crippen molar-refractivity contribution in [3.8, 4) is 5.75 Å². The highest BCUT2D eigenvalue weighted by Gasteiger charge is 2.43. The van der Waals surface area contributed by atoms with Crippen molar-refractivity contribution in [2.24, 2.45) is 0 Å². The third-order valence-corrected chi connectivity index (χ3v) is 5.94. The molecule has 0 radical (unpaired) electrons. The molecule has 5 N–H and O–H groups in total. The molecule has 36 heavy (non-hydrogen) atoms. The predicted molar refractivity (Wildman–Crippen MR) is 118 cm³/mol. The summed E-state index contributed by atoms with van der Waals surface area (Å²) in [7, 11) is 0. The minimum absolute atomic E-state index is 0.0303. The van der Waals surface area contributed by atoms with Gasteiger partial charge in [-0.15, -0.1) is 0 Å². The number of halogens is 3. The van der Waals surface area contributed by atoms with Crippen LogP contribution in [0.4, 0.5) is 23.9 Å². The number of dihydropyridines is 1. The molecule has 1 fully saturated rings. The Kier molecular flexibility index (Phi) is 7.21. The summed E-state index contributed by atoms with van der Waals surface area (Å²) in [5, 5.41) is 25.6. The van der Waals surface area contributed by atoms with Crippen LogP contribution in [0.25, 0.3) is 0 Å². The first kappa shape index (κ1) is 25.5. The first-order valence-electron chi connectivity index (χ1n) is 11.2. The number of aliphatic hydroxyl groups excluding tert-OH is 2. The molecule has 2 bridgehead atoms. The van der Waals surface area contributed by atoms with Crippen LogP contribution in [0.2, 0.25) is 0 Å². The van der Waals surface area contributed by atoms with E-state index < -0.39 is 42.9 Å². The third kappa shape index (κ3) is 5.46. The van der Waals surface area contributed by atoms with Crippen molar-refractivity contribution >= 4 is 17.9 Å². The van der Waals surface area contributed by atoms with Gasteiger partial charge in [0.05, 0.1) is 30.7 Å². The number of carbonyl (C=O) groups is 2. The Balaban J connectivity index is 1.45. The maximum atomic E-state index is 13.2. The van der Waals surface area contributed by atoms with Crippen LogP contribution in [0, 0.1) is 0 Å². The van der Waals surface area contributed by atoms with Crippen LogP contribution in [-0.2, 0) is 4.79 Å². The van der Waals surface area contributed by atoms with Gasteiger partial charge in [0.2, 0.25) is 11.9 Å². The average Bonchev–Trinajstić information content (AvgIpc) is 3.26. The molecule has 0 spiro atoms.